The zero-order valence-electron chi connectivity index (χ0n) is 19.4. The van der Waals surface area contributed by atoms with Crippen LogP contribution in [0.15, 0.2) is 69.0 Å². The number of furan rings is 1. The molecule has 1 aliphatic heterocycles. The lowest BCUT2D eigenvalue weighted by atomic mass is 10.1. The molecular formula is C26H32N4O3. The summed E-state index contributed by atoms with van der Waals surface area (Å²) in [6.07, 6.45) is 7.35. The average molecular weight is 449 g/mol. The quantitative estimate of drug-likeness (QED) is 0.482. The van der Waals surface area contributed by atoms with Crippen LogP contribution in [0.4, 0.5) is 5.69 Å². The maximum atomic E-state index is 12.1. The van der Waals surface area contributed by atoms with Crippen molar-refractivity contribution in [3.63, 3.8) is 0 Å². The summed E-state index contributed by atoms with van der Waals surface area (Å²) in [7, 11) is 0. The molecule has 1 aromatic heterocycles. The zero-order chi connectivity index (χ0) is 23.0. The van der Waals surface area contributed by atoms with Crippen molar-refractivity contribution in [2.45, 2.75) is 26.7 Å². The Labute approximate surface area is 195 Å². The second-order valence-corrected chi connectivity index (χ2v) is 8.08. The summed E-state index contributed by atoms with van der Waals surface area (Å²) in [5.74, 6) is -0.110. The number of benzene rings is 1. The molecule has 0 radical (unpaired) electrons. The maximum Gasteiger partial charge on any atom is 0.307 e. The molecule has 1 fully saturated rings. The molecule has 1 saturated heterocycles. The number of hydrogen-bond acceptors (Lipinski definition) is 6. The first-order valence-corrected chi connectivity index (χ1v) is 11.7. The third-order valence-electron chi connectivity index (χ3n) is 6.09. The minimum absolute atomic E-state index is 0.245. The van der Waals surface area contributed by atoms with Gasteiger partial charge in [-0.05, 0) is 73.7 Å². The van der Waals surface area contributed by atoms with E-state index in [0.717, 1.165) is 57.8 Å². The highest BCUT2D eigenvalue weighted by Gasteiger charge is 2.25. The monoisotopic (exact) mass is 448 g/mol. The van der Waals surface area contributed by atoms with Gasteiger partial charge >= 0.3 is 5.91 Å². The summed E-state index contributed by atoms with van der Waals surface area (Å²) < 4.78 is 10.7. The molecule has 4 rings (SSSR count). The third kappa shape index (κ3) is 5.54. The van der Waals surface area contributed by atoms with Gasteiger partial charge in [-0.2, -0.15) is 5.10 Å². The number of carbonyl (C=O) groups excluding carboxylic acids is 1. The fourth-order valence-electron chi connectivity index (χ4n) is 4.37. The largest absolute Gasteiger partial charge is 0.459 e. The van der Waals surface area contributed by atoms with Crippen molar-refractivity contribution in [1.29, 1.82) is 0 Å². The van der Waals surface area contributed by atoms with Crippen molar-refractivity contribution >= 4 is 23.9 Å². The van der Waals surface area contributed by atoms with Crippen LogP contribution < -0.4 is 10.3 Å². The molecular weight excluding hydrogens is 416 g/mol. The number of carbonyl (C=O) groups is 1. The van der Waals surface area contributed by atoms with E-state index in [1.54, 1.807) is 18.3 Å². The molecule has 0 saturated carbocycles. The van der Waals surface area contributed by atoms with Crippen molar-refractivity contribution in [2.24, 2.45) is 5.10 Å². The first-order chi connectivity index (χ1) is 16.2. The van der Waals surface area contributed by atoms with Gasteiger partial charge in [-0.15, -0.1) is 0 Å². The van der Waals surface area contributed by atoms with Gasteiger partial charge in [0.15, 0.2) is 5.76 Å². The van der Waals surface area contributed by atoms with Gasteiger partial charge in [0.2, 0.25) is 0 Å². The molecule has 7 nitrogen and oxygen atoms in total. The van der Waals surface area contributed by atoms with Crippen LogP contribution in [0.2, 0.25) is 0 Å². The predicted molar refractivity (Wildman–Crippen MR) is 131 cm³/mol. The van der Waals surface area contributed by atoms with Gasteiger partial charge in [-0.1, -0.05) is 12.1 Å². The van der Waals surface area contributed by atoms with Crippen LogP contribution in [0.3, 0.4) is 0 Å². The average Bonchev–Trinajstić information content (AvgIpc) is 3.52. The number of allylic oxidation sites excluding steroid dienone is 2. The highest BCUT2D eigenvalue weighted by atomic mass is 16.5. The summed E-state index contributed by atoms with van der Waals surface area (Å²) in [6.45, 7) is 9.49. The van der Waals surface area contributed by atoms with Crippen LogP contribution in [0.1, 0.15) is 42.8 Å². The second kappa shape index (κ2) is 11.0. The smallest absolute Gasteiger partial charge is 0.307 e. The minimum Gasteiger partial charge on any atom is -0.459 e. The number of nitrogens with one attached hydrogen (secondary N) is 1. The number of rotatable bonds is 8. The summed E-state index contributed by atoms with van der Waals surface area (Å²) in [5, 5.41) is 4.21. The van der Waals surface area contributed by atoms with Gasteiger partial charge in [0.05, 0.1) is 25.7 Å². The topological polar surface area (TPSA) is 70.3 Å². The van der Waals surface area contributed by atoms with Gasteiger partial charge in [-0.25, -0.2) is 5.43 Å². The molecule has 2 aromatic rings. The van der Waals surface area contributed by atoms with Crippen molar-refractivity contribution in [1.82, 2.24) is 10.3 Å². The van der Waals surface area contributed by atoms with Crippen LogP contribution in [0.25, 0.3) is 6.08 Å². The Bertz CT molecular complexity index is 1010. The van der Waals surface area contributed by atoms with Crippen molar-refractivity contribution in [3.8, 4) is 0 Å². The van der Waals surface area contributed by atoms with Gasteiger partial charge < -0.3 is 19.0 Å². The summed E-state index contributed by atoms with van der Waals surface area (Å²) in [4.78, 5) is 16.8. The Morgan fingerprint density at radius 3 is 2.55 bits per heavy atom. The number of morpholine rings is 1. The molecule has 174 valence electrons. The maximum absolute atomic E-state index is 12.1. The van der Waals surface area contributed by atoms with E-state index in [1.807, 2.05) is 0 Å². The number of anilines is 1. The Kier molecular flexibility index (Phi) is 7.62. The number of nitrogens with zero attached hydrogens (tertiary/aromatic N) is 3. The second-order valence-electron chi connectivity index (χ2n) is 8.08. The number of hydrogen-bond donors (Lipinski definition) is 1. The molecule has 1 aliphatic carbocycles. The molecule has 0 atom stereocenters. The van der Waals surface area contributed by atoms with E-state index < -0.39 is 0 Å². The lowest BCUT2D eigenvalue weighted by Crippen LogP contribution is -2.36. The minimum atomic E-state index is -0.355. The van der Waals surface area contributed by atoms with Crippen molar-refractivity contribution < 1.29 is 13.9 Å². The van der Waals surface area contributed by atoms with E-state index >= 15 is 0 Å². The number of amides is 1. The molecule has 0 spiro atoms. The van der Waals surface area contributed by atoms with Crippen LogP contribution in [0, 0.1) is 0 Å². The van der Waals surface area contributed by atoms with E-state index in [1.165, 1.54) is 28.8 Å². The summed E-state index contributed by atoms with van der Waals surface area (Å²) in [6, 6.07) is 12.1. The van der Waals surface area contributed by atoms with Crippen LogP contribution in [-0.4, -0.2) is 56.4 Å². The molecule has 2 heterocycles. The number of hydrazone groups is 1. The lowest BCUT2D eigenvalue weighted by molar-refractivity contribution is 0.0548. The predicted octanol–water partition coefficient (Wildman–Crippen LogP) is 4.31. The lowest BCUT2D eigenvalue weighted by Gasteiger charge is -2.31. The van der Waals surface area contributed by atoms with Crippen LogP contribution >= 0.6 is 0 Å². The molecule has 2 aliphatic rings. The van der Waals surface area contributed by atoms with E-state index in [4.69, 9.17) is 9.15 Å². The molecule has 1 amide bonds. The molecule has 1 aromatic carbocycles. The van der Waals surface area contributed by atoms with Gasteiger partial charge in [0.25, 0.3) is 0 Å². The van der Waals surface area contributed by atoms with E-state index in [-0.39, 0.29) is 11.7 Å². The Hall–Kier alpha value is -3.32. The number of ether oxygens (including phenoxy) is 1. The molecule has 7 heteroatoms. The van der Waals surface area contributed by atoms with Crippen molar-refractivity contribution in [2.75, 3.05) is 44.3 Å². The summed E-state index contributed by atoms with van der Waals surface area (Å²) >= 11 is 0. The highest BCUT2D eigenvalue weighted by molar-refractivity contribution is 5.92. The molecule has 33 heavy (non-hydrogen) atoms. The first-order valence-electron chi connectivity index (χ1n) is 11.7. The van der Waals surface area contributed by atoms with Crippen molar-refractivity contribution in [3.05, 3.63) is 70.8 Å². The Morgan fingerprint density at radius 2 is 1.88 bits per heavy atom. The Morgan fingerprint density at radius 1 is 1.12 bits per heavy atom. The Balaban J connectivity index is 1.56. The molecule has 1 N–H and O–H groups in total. The zero-order valence-corrected chi connectivity index (χ0v) is 19.4. The molecule has 0 bridgehead atoms. The van der Waals surface area contributed by atoms with E-state index in [9.17, 15) is 4.79 Å². The van der Waals surface area contributed by atoms with Gasteiger partial charge in [0, 0.05) is 37.6 Å². The standard InChI is InChI=1S/C26H32N4O3/c1-3-29(4-2)23-11-7-20(8-12-23)18-21-9-10-22(25(21)30-13-16-32-17-14-30)19-27-28-26(31)24-6-5-15-33-24/h5-8,11-12,15,18-19H,3-4,9-10,13-14,16-17H2,1-2H3,(H,28,31). The fourth-order valence-corrected chi connectivity index (χ4v) is 4.37. The van der Waals surface area contributed by atoms with E-state index in [2.05, 4.69) is 64.5 Å². The summed E-state index contributed by atoms with van der Waals surface area (Å²) in [5.41, 5.74) is 8.64. The molecule has 0 unspecified atom stereocenters. The highest BCUT2D eigenvalue weighted by Crippen LogP contribution is 2.35. The van der Waals surface area contributed by atoms with E-state index in [0.29, 0.717) is 0 Å². The SMILES string of the molecule is CCN(CC)c1ccc(C=C2CCC(C=NNC(=O)c3ccco3)=C2N2CCOCC2)cc1. The third-order valence-corrected chi connectivity index (χ3v) is 6.09. The normalized spacial score (nSPS) is 17.9. The van der Waals surface area contributed by atoms with Crippen LogP contribution in [-0.2, 0) is 4.74 Å². The van der Waals surface area contributed by atoms with Gasteiger partial charge in [-0.3, -0.25) is 4.79 Å². The fraction of sp³-hybridized carbons (Fsp3) is 0.385. The van der Waals surface area contributed by atoms with Gasteiger partial charge in [0.1, 0.15) is 0 Å². The first kappa shape index (κ1) is 22.9. The van der Waals surface area contributed by atoms with Crippen LogP contribution in [0.5, 0.6) is 0 Å².